The third-order valence-electron chi connectivity index (χ3n) is 6.82. The number of piperidine rings is 1. The number of aliphatic imine (C=N–C) groups is 1. The van der Waals surface area contributed by atoms with Crippen LogP contribution in [0.5, 0.6) is 0 Å². The van der Waals surface area contributed by atoms with E-state index in [9.17, 15) is 18.0 Å². The second kappa shape index (κ2) is 7.13. The number of allylic oxidation sites excluding steroid dienone is 1. The first-order valence-corrected chi connectivity index (χ1v) is 10.3. The molecule has 27 heavy (non-hydrogen) atoms. The van der Waals surface area contributed by atoms with Gasteiger partial charge in [0.1, 0.15) is 5.82 Å². The maximum atomic E-state index is 13.3. The molecule has 1 spiro atoms. The summed E-state index contributed by atoms with van der Waals surface area (Å²) in [6.45, 7) is 2.18. The van der Waals surface area contributed by atoms with E-state index < -0.39 is 12.1 Å². The Kier molecular flexibility index (Phi) is 4.97. The summed E-state index contributed by atoms with van der Waals surface area (Å²) < 4.78 is 38.5. The van der Waals surface area contributed by atoms with Gasteiger partial charge in [0.15, 0.2) is 0 Å². The number of rotatable bonds is 2. The van der Waals surface area contributed by atoms with Crippen molar-refractivity contribution in [1.82, 2.24) is 9.80 Å². The Hall–Kier alpha value is -1.53. The minimum Gasteiger partial charge on any atom is -0.356 e. The topological polar surface area (TPSA) is 35.9 Å². The maximum absolute atomic E-state index is 13.3. The average Bonchev–Trinajstić information content (AvgIpc) is 2.98. The molecule has 0 aromatic heterocycles. The Morgan fingerprint density at radius 2 is 1.85 bits per heavy atom. The summed E-state index contributed by atoms with van der Waals surface area (Å²) in [5.74, 6) is -0.610. The van der Waals surface area contributed by atoms with Crippen LogP contribution in [0.3, 0.4) is 0 Å². The first kappa shape index (κ1) is 18.8. The van der Waals surface area contributed by atoms with Crippen molar-refractivity contribution in [1.29, 1.82) is 0 Å². The monoisotopic (exact) mass is 383 g/mol. The molecule has 4 nitrogen and oxygen atoms in total. The first-order chi connectivity index (χ1) is 12.9. The van der Waals surface area contributed by atoms with Gasteiger partial charge < -0.3 is 9.80 Å². The fourth-order valence-corrected chi connectivity index (χ4v) is 5.24. The molecule has 4 rings (SSSR count). The minimum atomic E-state index is -4.24. The van der Waals surface area contributed by atoms with Crippen molar-refractivity contribution in [2.24, 2.45) is 16.3 Å². The Labute approximate surface area is 158 Å². The third kappa shape index (κ3) is 3.61. The van der Waals surface area contributed by atoms with E-state index in [1.165, 1.54) is 19.3 Å². The molecule has 0 N–H and O–H groups in total. The highest BCUT2D eigenvalue weighted by molar-refractivity contribution is 5.85. The fourth-order valence-electron chi connectivity index (χ4n) is 5.24. The predicted octanol–water partition coefficient (Wildman–Crippen LogP) is 4.13. The molecule has 2 saturated heterocycles. The maximum Gasteiger partial charge on any atom is 0.396 e. The van der Waals surface area contributed by atoms with Crippen LogP contribution >= 0.6 is 0 Å². The highest BCUT2D eigenvalue weighted by Crippen LogP contribution is 2.43. The van der Waals surface area contributed by atoms with Gasteiger partial charge in [-0.2, -0.15) is 13.2 Å². The number of amides is 1. The highest BCUT2D eigenvalue weighted by Gasteiger charge is 2.51. The molecule has 0 aromatic carbocycles. The van der Waals surface area contributed by atoms with Gasteiger partial charge in [-0.15, -0.1) is 0 Å². The average molecular weight is 383 g/mol. The van der Waals surface area contributed by atoms with Crippen molar-refractivity contribution in [3.05, 3.63) is 11.9 Å². The Balaban J connectivity index is 1.43. The molecule has 0 aromatic rings. The zero-order valence-electron chi connectivity index (χ0n) is 15.7. The lowest BCUT2D eigenvalue weighted by Crippen LogP contribution is -2.49. The van der Waals surface area contributed by atoms with Crippen LogP contribution in [-0.4, -0.2) is 53.8 Å². The molecule has 4 aliphatic rings. The van der Waals surface area contributed by atoms with Gasteiger partial charge in [-0.25, -0.2) is 4.99 Å². The molecule has 3 aliphatic heterocycles. The predicted molar refractivity (Wildman–Crippen MR) is 97.2 cm³/mol. The molecule has 0 radical (unpaired) electrons. The van der Waals surface area contributed by atoms with E-state index in [0.29, 0.717) is 18.4 Å². The molecular weight excluding hydrogens is 355 g/mol. The van der Waals surface area contributed by atoms with Gasteiger partial charge in [-0.05, 0) is 44.6 Å². The van der Waals surface area contributed by atoms with Crippen molar-refractivity contribution in [3.8, 4) is 0 Å². The van der Waals surface area contributed by atoms with Crippen molar-refractivity contribution in [3.63, 3.8) is 0 Å². The zero-order valence-corrected chi connectivity index (χ0v) is 15.7. The summed E-state index contributed by atoms with van der Waals surface area (Å²) in [7, 11) is 0. The lowest BCUT2D eigenvalue weighted by molar-refractivity contribution is -0.153. The first-order valence-electron chi connectivity index (χ1n) is 10.3. The zero-order chi connectivity index (χ0) is 19.1. The second-order valence-corrected chi connectivity index (χ2v) is 8.57. The van der Waals surface area contributed by atoms with Crippen LogP contribution in [0, 0.1) is 11.3 Å². The van der Waals surface area contributed by atoms with E-state index in [1.54, 1.807) is 6.08 Å². The van der Waals surface area contributed by atoms with Gasteiger partial charge in [0.05, 0.1) is 11.3 Å². The standard InChI is InChI=1S/C20H28F3N3O/c21-20(22,23)15-7-8-17(24-13-15)25-11-4-9-19(14-25)10-12-26(18(19)27)16-5-2-1-3-6-16/h8,13,15-16H,1-7,9-12,14H2. The molecule has 3 fully saturated rings. The molecule has 0 bridgehead atoms. The van der Waals surface area contributed by atoms with Crippen molar-refractivity contribution < 1.29 is 18.0 Å². The van der Waals surface area contributed by atoms with E-state index in [-0.39, 0.29) is 17.7 Å². The molecule has 7 heteroatoms. The van der Waals surface area contributed by atoms with Crippen LogP contribution in [0.4, 0.5) is 13.2 Å². The number of hydrogen-bond donors (Lipinski definition) is 0. The Bertz CT molecular complexity index is 639. The Morgan fingerprint density at radius 3 is 2.52 bits per heavy atom. The normalized spacial score (nSPS) is 33.1. The Morgan fingerprint density at radius 1 is 1.07 bits per heavy atom. The van der Waals surface area contributed by atoms with Crippen molar-refractivity contribution in [2.75, 3.05) is 19.6 Å². The van der Waals surface area contributed by atoms with Crippen LogP contribution in [0.1, 0.15) is 57.8 Å². The minimum absolute atomic E-state index is 0.0615. The van der Waals surface area contributed by atoms with Gasteiger partial charge in [-0.1, -0.05) is 19.3 Å². The van der Waals surface area contributed by atoms with Gasteiger partial charge >= 0.3 is 6.18 Å². The lowest BCUT2D eigenvalue weighted by atomic mass is 9.78. The second-order valence-electron chi connectivity index (χ2n) is 8.57. The van der Waals surface area contributed by atoms with Crippen LogP contribution in [0.2, 0.25) is 0 Å². The van der Waals surface area contributed by atoms with Crippen LogP contribution < -0.4 is 0 Å². The number of carbonyl (C=O) groups excluding carboxylic acids is 1. The van der Waals surface area contributed by atoms with Gasteiger partial charge in [0.2, 0.25) is 5.91 Å². The molecule has 1 amide bonds. The number of likely N-dealkylation sites (tertiary alicyclic amines) is 2. The lowest BCUT2D eigenvalue weighted by Gasteiger charge is -2.41. The van der Waals surface area contributed by atoms with E-state index in [2.05, 4.69) is 9.89 Å². The number of hydrogen-bond acceptors (Lipinski definition) is 3. The number of carbonyl (C=O) groups is 1. The number of alkyl halides is 3. The summed E-state index contributed by atoms with van der Waals surface area (Å²) in [5.41, 5.74) is -0.368. The smallest absolute Gasteiger partial charge is 0.356 e. The van der Waals surface area contributed by atoms with Crippen LogP contribution in [0.25, 0.3) is 0 Å². The molecule has 2 unspecified atom stereocenters. The number of nitrogens with zero attached hydrogens (tertiary/aromatic N) is 3. The van der Waals surface area contributed by atoms with E-state index >= 15 is 0 Å². The fraction of sp³-hybridized carbons (Fsp3) is 0.800. The molecule has 1 saturated carbocycles. The van der Waals surface area contributed by atoms with Gasteiger partial charge in [0.25, 0.3) is 0 Å². The summed E-state index contributed by atoms with van der Waals surface area (Å²) in [6, 6.07) is 0.389. The molecule has 3 heterocycles. The molecule has 1 aliphatic carbocycles. The highest BCUT2D eigenvalue weighted by atomic mass is 19.4. The summed E-state index contributed by atoms with van der Waals surface area (Å²) in [5, 5.41) is 0. The SMILES string of the molecule is O=C1N(C2CCCCC2)CCC12CCCN(C1=CCC(C(F)(F)F)C=N1)C2. The van der Waals surface area contributed by atoms with E-state index in [1.807, 2.05) is 4.90 Å². The van der Waals surface area contributed by atoms with Gasteiger partial charge in [-0.3, -0.25) is 4.79 Å². The largest absolute Gasteiger partial charge is 0.396 e. The molecule has 2 atom stereocenters. The van der Waals surface area contributed by atoms with E-state index in [0.717, 1.165) is 51.4 Å². The summed E-state index contributed by atoms with van der Waals surface area (Å²) in [4.78, 5) is 21.5. The van der Waals surface area contributed by atoms with Crippen molar-refractivity contribution in [2.45, 2.75) is 70.0 Å². The van der Waals surface area contributed by atoms with Crippen molar-refractivity contribution >= 4 is 12.1 Å². The van der Waals surface area contributed by atoms with E-state index in [4.69, 9.17) is 0 Å². The number of halogens is 3. The molecule has 150 valence electrons. The third-order valence-corrected chi connectivity index (χ3v) is 6.82. The van der Waals surface area contributed by atoms with Crippen LogP contribution in [-0.2, 0) is 4.79 Å². The van der Waals surface area contributed by atoms with Gasteiger partial charge in [0, 0.05) is 31.9 Å². The summed E-state index contributed by atoms with van der Waals surface area (Å²) in [6.07, 6.45) is 6.85. The quantitative estimate of drug-likeness (QED) is 0.719. The van der Waals surface area contributed by atoms with Crippen LogP contribution in [0.15, 0.2) is 16.9 Å². The molecular formula is C20H28F3N3O. The summed E-state index contributed by atoms with van der Waals surface area (Å²) >= 11 is 0.